The summed E-state index contributed by atoms with van der Waals surface area (Å²) in [6, 6.07) is 20.7. The topological polar surface area (TPSA) is 153 Å². The molecular weight excluding hydrogens is 741 g/mol. The fourth-order valence-electron chi connectivity index (χ4n) is 6.67. The Balaban J connectivity index is 2.28. The van der Waals surface area contributed by atoms with E-state index in [4.69, 9.17) is 14.2 Å². The monoisotopic (exact) mass is 806 g/mol. The van der Waals surface area contributed by atoms with Crippen LogP contribution in [0.1, 0.15) is 99.8 Å². The molecule has 0 aromatic heterocycles. The van der Waals surface area contributed by atoms with Gasteiger partial charge in [0.25, 0.3) is 0 Å². The number of hydrogen-bond acceptors (Lipinski definition) is 13. The predicted molar refractivity (Wildman–Crippen MR) is 223 cm³/mol. The van der Waals surface area contributed by atoms with Gasteiger partial charge >= 0.3 is 17.9 Å². The summed E-state index contributed by atoms with van der Waals surface area (Å²) in [7, 11) is 0. The second kappa shape index (κ2) is 20.3. The van der Waals surface area contributed by atoms with E-state index in [2.05, 4.69) is 4.90 Å². The summed E-state index contributed by atoms with van der Waals surface area (Å²) in [6.45, 7) is 21.7. The maximum atomic E-state index is 13.6. The number of phenols is 3. The lowest BCUT2D eigenvalue weighted by atomic mass is 10.1. The molecule has 0 spiro atoms. The zero-order chi connectivity index (χ0) is 43.6. The molecule has 320 valence electrons. The molecule has 0 aliphatic heterocycles. The number of nitrogens with zero attached hydrogens (tertiary/aromatic N) is 4. The van der Waals surface area contributed by atoms with E-state index in [0.717, 1.165) is 0 Å². The Bertz CT molecular complexity index is 1610. The predicted octanol–water partition coefficient (Wildman–Crippen LogP) is 6.97. The summed E-state index contributed by atoms with van der Waals surface area (Å²) >= 11 is 0. The minimum atomic E-state index is -0.773. The molecule has 0 aliphatic carbocycles. The van der Waals surface area contributed by atoms with E-state index in [-0.39, 0.29) is 56.5 Å². The molecule has 58 heavy (non-hydrogen) atoms. The molecule has 0 amide bonds. The van der Waals surface area contributed by atoms with E-state index in [1.165, 1.54) is 0 Å². The fraction of sp³-hybridized carbons (Fsp3) is 0.533. The Morgan fingerprint density at radius 3 is 0.897 bits per heavy atom. The molecule has 3 N–H and O–H groups in total. The number of rotatable bonds is 18. The van der Waals surface area contributed by atoms with Gasteiger partial charge in [-0.15, -0.1) is 0 Å². The summed E-state index contributed by atoms with van der Waals surface area (Å²) in [5, 5.41) is 32.8. The van der Waals surface area contributed by atoms with Crippen LogP contribution < -0.4 is 0 Å². The molecule has 13 heteroatoms. The zero-order valence-corrected chi connectivity index (χ0v) is 36.5. The number of esters is 3. The van der Waals surface area contributed by atoms with Gasteiger partial charge in [0, 0.05) is 36.3 Å². The first-order valence-electron chi connectivity index (χ1n) is 19.8. The lowest BCUT2D eigenvalue weighted by molar-refractivity contribution is -0.167. The number of para-hydroxylation sites is 3. The first-order valence-corrected chi connectivity index (χ1v) is 19.8. The molecule has 0 saturated carbocycles. The van der Waals surface area contributed by atoms with Crippen LogP contribution in [0.15, 0.2) is 72.8 Å². The van der Waals surface area contributed by atoms with E-state index in [1.807, 2.05) is 35.5 Å². The van der Waals surface area contributed by atoms with Crippen LogP contribution in [0.25, 0.3) is 0 Å². The molecule has 0 bridgehead atoms. The maximum absolute atomic E-state index is 13.6. The van der Waals surface area contributed by atoms with Gasteiger partial charge in [0.15, 0.2) is 0 Å². The van der Waals surface area contributed by atoms with Gasteiger partial charge < -0.3 is 29.5 Å². The summed E-state index contributed by atoms with van der Waals surface area (Å²) in [5.41, 5.74) is -0.616. The number of aromatic hydroxyl groups is 3. The van der Waals surface area contributed by atoms with Gasteiger partial charge in [-0.2, -0.15) is 0 Å². The van der Waals surface area contributed by atoms with Crippen molar-refractivity contribution in [3.63, 3.8) is 0 Å². The quantitative estimate of drug-likeness (QED) is 0.0690. The van der Waals surface area contributed by atoms with Crippen molar-refractivity contribution in [3.8, 4) is 17.2 Å². The first kappa shape index (κ1) is 47.7. The fourth-order valence-corrected chi connectivity index (χ4v) is 6.67. The molecule has 3 aromatic carbocycles. The number of phenolic OH excluding ortho intramolecular Hbond substituents is 3. The van der Waals surface area contributed by atoms with Crippen molar-refractivity contribution in [2.75, 3.05) is 19.6 Å². The molecule has 0 heterocycles. The van der Waals surface area contributed by atoms with Gasteiger partial charge in [-0.1, -0.05) is 54.6 Å². The standard InChI is InChI=1S/C45H66N4O9/c1-31(46(28-40(53)56-43(4,5)6)25-34-19-13-16-22-37(34)50)49(32(2)47(29-41(54)57-44(7,8)9)26-35-20-14-17-23-38(35)51)33(3)48(30-42(55)58-45(10,11)12)27-36-21-15-18-24-39(36)52/h13-24,31-33,50-52H,25-30H2,1-12H3. The number of carbonyl (C=O) groups is 3. The highest BCUT2D eigenvalue weighted by molar-refractivity contribution is 5.73. The van der Waals surface area contributed by atoms with Crippen molar-refractivity contribution < 1.29 is 43.9 Å². The number of benzene rings is 3. The smallest absolute Gasteiger partial charge is 0.320 e. The van der Waals surface area contributed by atoms with E-state index < -0.39 is 53.2 Å². The van der Waals surface area contributed by atoms with Crippen LogP contribution in [0.3, 0.4) is 0 Å². The summed E-state index contributed by atoms with van der Waals surface area (Å²) < 4.78 is 17.4. The van der Waals surface area contributed by atoms with Crippen LogP contribution >= 0.6 is 0 Å². The van der Waals surface area contributed by atoms with Gasteiger partial charge in [0.05, 0.1) is 38.1 Å². The Hall–Kier alpha value is -4.69. The summed E-state index contributed by atoms with van der Waals surface area (Å²) in [6.07, 6.45) is -1.98. The van der Waals surface area contributed by atoms with Crippen molar-refractivity contribution >= 4 is 17.9 Å². The number of carbonyl (C=O) groups excluding carboxylic acids is 3. The van der Waals surface area contributed by atoms with E-state index >= 15 is 0 Å². The minimum Gasteiger partial charge on any atom is -0.508 e. The van der Waals surface area contributed by atoms with E-state index in [0.29, 0.717) is 16.7 Å². The molecule has 3 unspecified atom stereocenters. The molecule has 3 aromatic rings. The molecule has 0 aliphatic rings. The van der Waals surface area contributed by atoms with Crippen LogP contribution in [0.2, 0.25) is 0 Å². The van der Waals surface area contributed by atoms with Crippen LogP contribution in [-0.2, 0) is 48.2 Å². The molecule has 0 saturated heterocycles. The largest absolute Gasteiger partial charge is 0.508 e. The third kappa shape index (κ3) is 15.6. The average Bonchev–Trinajstić information content (AvgIpc) is 3.07. The lowest BCUT2D eigenvalue weighted by Gasteiger charge is -2.50. The van der Waals surface area contributed by atoms with Gasteiger partial charge in [-0.25, -0.2) is 0 Å². The molecule has 0 fully saturated rings. The summed E-state index contributed by atoms with van der Waals surface area (Å²) in [4.78, 5) is 48.6. The minimum absolute atomic E-state index is 0.0498. The molecule has 3 rings (SSSR count). The second-order valence-corrected chi connectivity index (χ2v) is 17.7. The summed E-state index contributed by atoms with van der Waals surface area (Å²) in [5.74, 6) is -1.32. The van der Waals surface area contributed by atoms with Crippen LogP contribution in [-0.4, -0.2) is 108 Å². The normalized spacial score (nSPS) is 14.1. The second-order valence-electron chi connectivity index (χ2n) is 17.7. The van der Waals surface area contributed by atoms with Crippen molar-refractivity contribution in [2.45, 2.75) is 138 Å². The third-order valence-electron chi connectivity index (χ3n) is 9.23. The molecule has 3 atom stereocenters. The zero-order valence-electron chi connectivity index (χ0n) is 36.5. The number of hydrogen-bond donors (Lipinski definition) is 3. The van der Waals surface area contributed by atoms with Crippen LogP contribution in [0, 0.1) is 0 Å². The highest BCUT2D eigenvalue weighted by Gasteiger charge is 2.39. The van der Waals surface area contributed by atoms with Crippen molar-refractivity contribution in [2.24, 2.45) is 0 Å². The lowest BCUT2D eigenvalue weighted by Crippen LogP contribution is -2.63. The van der Waals surface area contributed by atoms with Gasteiger partial charge in [0.2, 0.25) is 0 Å². The molecular formula is C45H66N4O9. The maximum Gasteiger partial charge on any atom is 0.320 e. The average molecular weight is 807 g/mol. The number of ether oxygens (including phenoxy) is 3. The van der Waals surface area contributed by atoms with Crippen molar-refractivity contribution in [3.05, 3.63) is 89.5 Å². The van der Waals surface area contributed by atoms with E-state index in [1.54, 1.807) is 135 Å². The Labute approximate surface area is 345 Å². The molecule has 0 radical (unpaired) electrons. The molecule has 13 nitrogen and oxygen atoms in total. The SMILES string of the molecule is CC(N(CC(=O)OC(C)(C)C)Cc1ccccc1O)N(C(C)N(CC(=O)OC(C)(C)C)Cc1ccccc1O)C(C)N(CC(=O)OC(C)(C)C)Cc1ccccc1O. The van der Waals surface area contributed by atoms with E-state index in [9.17, 15) is 29.7 Å². The third-order valence-corrected chi connectivity index (χ3v) is 9.23. The highest BCUT2D eigenvalue weighted by atomic mass is 16.6. The van der Waals surface area contributed by atoms with Crippen molar-refractivity contribution in [1.82, 2.24) is 19.6 Å². The van der Waals surface area contributed by atoms with Gasteiger partial charge in [-0.05, 0) is 101 Å². The van der Waals surface area contributed by atoms with Gasteiger partial charge in [0.1, 0.15) is 34.1 Å². The first-order chi connectivity index (χ1) is 26.8. The van der Waals surface area contributed by atoms with Crippen molar-refractivity contribution in [1.29, 1.82) is 0 Å². The Morgan fingerprint density at radius 2 is 0.690 bits per heavy atom. The Kier molecular flexibility index (Phi) is 16.7. The van der Waals surface area contributed by atoms with Crippen LogP contribution in [0.5, 0.6) is 17.2 Å². The van der Waals surface area contributed by atoms with Crippen LogP contribution in [0.4, 0.5) is 0 Å². The van der Waals surface area contributed by atoms with Gasteiger partial charge in [-0.3, -0.25) is 34.0 Å². The Morgan fingerprint density at radius 1 is 0.466 bits per heavy atom. The highest BCUT2D eigenvalue weighted by Crippen LogP contribution is 2.29.